The van der Waals surface area contributed by atoms with E-state index in [9.17, 15) is 10.1 Å². The molecule has 1 aliphatic heterocycles. The smallest absolute Gasteiger partial charge is 0.375 e. The molecule has 0 radical (unpaired) electrons. The summed E-state index contributed by atoms with van der Waals surface area (Å²) in [6.07, 6.45) is 2.64. The first-order valence-electron chi connectivity index (χ1n) is 11.2. The molecule has 3 aromatic rings. The van der Waals surface area contributed by atoms with Gasteiger partial charge in [-0.05, 0) is 37.1 Å². The maximum Gasteiger partial charge on any atom is 0.375 e. The van der Waals surface area contributed by atoms with Crippen LogP contribution in [-0.2, 0) is 0 Å². The van der Waals surface area contributed by atoms with Gasteiger partial charge >= 0.3 is 11.6 Å². The number of hydrogen-bond donors (Lipinski definition) is 1. The second-order valence-corrected chi connectivity index (χ2v) is 8.43. The number of rotatable bonds is 9. The largest absolute Gasteiger partial charge is 0.497 e. The van der Waals surface area contributed by atoms with E-state index in [0.29, 0.717) is 49.1 Å². The van der Waals surface area contributed by atoms with Gasteiger partial charge in [0, 0.05) is 30.5 Å². The normalized spacial score (nSPS) is 14.1. The molecule has 1 aliphatic rings. The molecule has 1 fully saturated rings. The van der Waals surface area contributed by atoms with Crippen LogP contribution in [0.15, 0.2) is 41.7 Å². The lowest BCUT2D eigenvalue weighted by Crippen LogP contribution is -2.34. The van der Waals surface area contributed by atoms with Gasteiger partial charge in [0.1, 0.15) is 12.1 Å². The fourth-order valence-electron chi connectivity index (χ4n) is 3.77. The van der Waals surface area contributed by atoms with Gasteiger partial charge in [0.2, 0.25) is 11.7 Å². The fourth-order valence-corrected chi connectivity index (χ4v) is 3.77. The number of nitro groups is 1. The maximum absolute atomic E-state index is 11.9. The Bertz CT molecular complexity index is 1190. The van der Waals surface area contributed by atoms with Crippen molar-refractivity contribution in [3.05, 3.63) is 64.6 Å². The molecule has 0 bridgehead atoms. The first-order valence-corrected chi connectivity index (χ1v) is 11.2. The van der Waals surface area contributed by atoms with Gasteiger partial charge in [0.15, 0.2) is 5.82 Å². The Balaban J connectivity index is 1.45. The zero-order valence-corrected chi connectivity index (χ0v) is 19.8. The van der Waals surface area contributed by atoms with E-state index in [1.54, 1.807) is 31.4 Å². The molecule has 0 atom stereocenters. The minimum atomic E-state index is -0.540. The summed E-state index contributed by atoms with van der Waals surface area (Å²) < 4.78 is 10.6. The Hall–Kier alpha value is -4.22. The van der Waals surface area contributed by atoms with Crippen molar-refractivity contribution in [2.75, 3.05) is 25.1 Å². The van der Waals surface area contributed by atoms with E-state index in [1.165, 1.54) is 6.33 Å². The molecule has 1 aromatic carbocycles. The van der Waals surface area contributed by atoms with Crippen LogP contribution in [0.1, 0.15) is 55.8 Å². The number of ether oxygens (including phenoxy) is 1. The molecule has 0 spiro atoms. The Kier molecular flexibility index (Phi) is 7.09. The number of anilines is 1. The summed E-state index contributed by atoms with van der Waals surface area (Å²) in [6, 6.07) is 7.12. The van der Waals surface area contributed by atoms with E-state index >= 15 is 0 Å². The molecular formula is C23H27N7O5. The summed E-state index contributed by atoms with van der Waals surface area (Å²) >= 11 is 0. The second kappa shape index (κ2) is 10.4. The first-order chi connectivity index (χ1) is 16.9. The number of methoxy groups -OCH3 is 1. The Morgan fingerprint density at radius 3 is 2.57 bits per heavy atom. The van der Waals surface area contributed by atoms with Crippen molar-refractivity contribution in [2.24, 2.45) is 0 Å². The van der Waals surface area contributed by atoms with Crippen LogP contribution in [0.5, 0.6) is 11.6 Å². The third-order valence-corrected chi connectivity index (χ3v) is 5.78. The van der Waals surface area contributed by atoms with Crippen LogP contribution in [-0.4, -0.2) is 45.2 Å². The molecule has 35 heavy (non-hydrogen) atoms. The van der Waals surface area contributed by atoms with Crippen molar-refractivity contribution < 1.29 is 19.0 Å². The van der Waals surface area contributed by atoms with Gasteiger partial charge in [-0.15, -0.1) is 0 Å². The molecular weight excluding hydrogens is 454 g/mol. The van der Waals surface area contributed by atoms with Crippen LogP contribution in [0.4, 0.5) is 11.5 Å². The molecule has 0 aliphatic carbocycles. The third kappa shape index (κ3) is 5.31. The maximum atomic E-state index is 11.9. The van der Waals surface area contributed by atoms with E-state index in [4.69, 9.17) is 14.1 Å². The predicted molar refractivity (Wildman–Crippen MR) is 127 cm³/mol. The van der Waals surface area contributed by atoms with Gasteiger partial charge in [-0.25, -0.2) is 10.5 Å². The topological polar surface area (TPSA) is 142 Å². The van der Waals surface area contributed by atoms with Gasteiger partial charge in [-0.3, -0.25) is 10.1 Å². The number of benzene rings is 1. The molecule has 0 saturated carbocycles. The lowest BCUT2D eigenvalue weighted by molar-refractivity contribution is -0.385. The van der Waals surface area contributed by atoms with Crippen molar-refractivity contribution in [2.45, 2.75) is 38.5 Å². The van der Waals surface area contributed by atoms with Crippen LogP contribution in [0, 0.1) is 10.1 Å². The number of nitrogens with one attached hydrogen (secondary N) is 1. The number of piperidine rings is 1. The van der Waals surface area contributed by atoms with E-state index in [2.05, 4.69) is 32.2 Å². The van der Waals surface area contributed by atoms with Gasteiger partial charge < -0.3 is 19.0 Å². The fraction of sp³-hybridized carbons (Fsp3) is 0.391. The van der Waals surface area contributed by atoms with E-state index < -0.39 is 4.92 Å². The lowest BCUT2D eigenvalue weighted by Gasteiger charge is -2.30. The van der Waals surface area contributed by atoms with Gasteiger partial charge in [-0.2, -0.15) is 9.97 Å². The molecule has 4 rings (SSSR count). The summed E-state index contributed by atoms with van der Waals surface area (Å²) in [4.78, 5) is 31.4. The Morgan fingerprint density at radius 1 is 1.26 bits per heavy atom. The van der Waals surface area contributed by atoms with Gasteiger partial charge in [0.05, 0.1) is 17.7 Å². The third-order valence-electron chi connectivity index (χ3n) is 5.78. The van der Waals surface area contributed by atoms with Crippen LogP contribution < -0.4 is 20.0 Å². The van der Waals surface area contributed by atoms with Crippen molar-refractivity contribution in [1.29, 1.82) is 0 Å². The lowest BCUT2D eigenvalue weighted by atomic mass is 9.96. The van der Waals surface area contributed by atoms with E-state index in [1.807, 2.05) is 18.7 Å². The molecule has 2 aromatic heterocycles. The molecule has 12 nitrogen and oxygen atoms in total. The molecule has 1 saturated heterocycles. The second-order valence-electron chi connectivity index (χ2n) is 8.43. The van der Waals surface area contributed by atoms with Gasteiger partial charge in [-0.1, -0.05) is 25.6 Å². The summed E-state index contributed by atoms with van der Waals surface area (Å²) in [5.41, 5.74) is 3.46. The molecule has 12 heteroatoms. The average Bonchev–Trinajstić information content (AvgIpc) is 3.38. The van der Waals surface area contributed by atoms with E-state index in [0.717, 1.165) is 5.56 Å². The summed E-state index contributed by atoms with van der Waals surface area (Å²) in [6.45, 7) is 8.99. The predicted octanol–water partition coefficient (Wildman–Crippen LogP) is 3.84. The van der Waals surface area contributed by atoms with Crippen molar-refractivity contribution in [1.82, 2.24) is 25.6 Å². The van der Waals surface area contributed by atoms with Crippen LogP contribution in [0.3, 0.4) is 0 Å². The van der Waals surface area contributed by atoms with Crippen LogP contribution in [0.2, 0.25) is 0 Å². The number of hydrogen-bond acceptors (Lipinski definition) is 11. The Morgan fingerprint density at radius 2 is 1.97 bits per heavy atom. The zero-order chi connectivity index (χ0) is 24.9. The highest BCUT2D eigenvalue weighted by atomic mass is 16.7. The zero-order valence-electron chi connectivity index (χ0n) is 19.8. The Labute approximate surface area is 202 Å². The summed E-state index contributed by atoms with van der Waals surface area (Å²) in [5, 5.41) is 16.0. The molecule has 184 valence electrons. The minimum absolute atomic E-state index is 0.0948. The van der Waals surface area contributed by atoms with E-state index in [-0.39, 0.29) is 29.2 Å². The van der Waals surface area contributed by atoms with Crippen LogP contribution in [0.25, 0.3) is 5.70 Å². The highest BCUT2D eigenvalue weighted by Crippen LogP contribution is 2.37. The summed E-state index contributed by atoms with van der Waals surface area (Å²) in [5.74, 6) is 2.26. The van der Waals surface area contributed by atoms with Crippen molar-refractivity contribution >= 4 is 17.2 Å². The molecule has 1 N–H and O–H groups in total. The molecule has 0 amide bonds. The van der Waals surface area contributed by atoms with Crippen LogP contribution >= 0.6 is 0 Å². The monoisotopic (exact) mass is 481 g/mol. The molecule has 0 unspecified atom stereocenters. The van der Waals surface area contributed by atoms with Crippen molar-refractivity contribution in [3.8, 4) is 11.6 Å². The average molecular weight is 482 g/mol. The number of nitrogens with zero attached hydrogens (tertiary/aromatic N) is 6. The minimum Gasteiger partial charge on any atom is -0.497 e. The molecule has 3 heterocycles. The first kappa shape index (κ1) is 23.9. The highest BCUT2D eigenvalue weighted by molar-refractivity contribution is 5.64. The SMILES string of the molecule is C=C(NOc1ncnc(N2CCC(c3nc(C(C)C)no3)CC2)c1[N+](=O)[O-])c1ccc(OC)cc1. The number of hydroxylamine groups is 1. The summed E-state index contributed by atoms with van der Waals surface area (Å²) in [7, 11) is 1.58. The van der Waals surface area contributed by atoms with Gasteiger partial charge in [0.25, 0.3) is 0 Å². The number of aromatic nitrogens is 4. The highest BCUT2D eigenvalue weighted by Gasteiger charge is 2.33. The van der Waals surface area contributed by atoms with Crippen molar-refractivity contribution in [3.63, 3.8) is 0 Å². The quantitative estimate of drug-likeness (QED) is 0.352. The standard InChI is InChI=1S/C23H27N7O5/c1-14(2)20-26-22(34-28-20)17-9-11-29(12-10-17)21-19(30(31)32)23(25-13-24-21)35-27-15(3)16-5-7-18(33-4)8-6-16/h5-8,13-14,17,27H,3,9-12H2,1-2,4H3.